The molecule has 0 unspecified atom stereocenters. The summed E-state index contributed by atoms with van der Waals surface area (Å²) in [6.45, 7) is 2.58. The van der Waals surface area contributed by atoms with Gasteiger partial charge in [0.1, 0.15) is 5.82 Å². The monoisotopic (exact) mass is 282 g/mol. The van der Waals surface area contributed by atoms with Crippen LogP contribution in [0.15, 0.2) is 28.2 Å². The van der Waals surface area contributed by atoms with Crippen molar-refractivity contribution >= 4 is 17.4 Å². The maximum absolute atomic E-state index is 13.6. The molecule has 0 fully saturated rings. The Balaban J connectivity index is 2.12. The molecule has 2 rings (SSSR count). The third-order valence-corrected chi connectivity index (χ3v) is 3.63. The van der Waals surface area contributed by atoms with Gasteiger partial charge in [-0.05, 0) is 24.1 Å². The molecule has 19 heavy (non-hydrogen) atoms. The average Bonchev–Trinajstić information content (AvgIpc) is 2.71. The maximum atomic E-state index is 13.6. The van der Waals surface area contributed by atoms with E-state index in [4.69, 9.17) is 5.73 Å². The Bertz CT molecular complexity index is 622. The first kappa shape index (κ1) is 13.7. The van der Waals surface area contributed by atoms with Crippen LogP contribution in [0.25, 0.3) is 0 Å². The molecule has 3 N–H and O–H groups in total. The first-order valence-electron chi connectivity index (χ1n) is 5.93. The van der Waals surface area contributed by atoms with Crippen LogP contribution in [0.2, 0.25) is 0 Å². The molecule has 1 heterocycles. The number of hydrogen-bond donors (Lipinski definition) is 2. The number of nitrogen functional groups attached to an aromatic ring is 1. The highest BCUT2D eigenvalue weighted by Gasteiger charge is 2.10. The van der Waals surface area contributed by atoms with E-state index in [9.17, 15) is 9.18 Å². The van der Waals surface area contributed by atoms with E-state index in [2.05, 4.69) is 10.2 Å². The van der Waals surface area contributed by atoms with E-state index in [0.717, 1.165) is 6.42 Å². The molecule has 0 aliphatic heterocycles. The van der Waals surface area contributed by atoms with Crippen molar-refractivity contribution in [2.45, 2.75) is 30.8 Å². The van der Waals surface area contributed by atoms with Crippen LogP contribution in [-0.2, 0) is 12.3 Å². The molecule has 0 amide bonds. The van der Waals surface area contributed by atoms with Gasteiger partial charge < -0.3 is 5.73 Å². The second kappa shape index (κ2) is 5.92. The van der Waals surface area contributed by atoms with Crippen molar-refractivity contribution in [1.82, 2.24) is 14.8 Å². The molecule has 7 heteroatoms. The van der Waals surface area contributed by atoms with Crippen molar-refractivity contribution in [2.75, 3.05) is 5.73 Å². The molecule has 0 bridgehead atoms. The Hall–Kier alpha value is -1.76. The number of thioether (sulfide) groups is 1. The minimum Gasteiger partial charge on any atom is -0.399 e. The van der Waals surface area contributed by atoms with Gasteiger partial charge in [-0.1, -0.05) is 24.8 Å². The lowest BCUT2D eigenvalue weighted by atomic mass is 10.2. The van der Waals surface area contributed by atoms with E-state index in [1.807, 2.05) is 6.92 Å². The minimum atomic E-state index is -0.340. The fourth-order valence-electron chi connectivity index (χ4n) is 1.66. The van der Waals surface area contributed by atoms with Crippen LogP contribution in [-0.4, -0.2) is 14.8 Å². The smallest absolute Gasteiger partial charge is 0.343 e. The molecule has 0 aliphatic carbocycles. The molecule has 0 aliphatic rings. The Kier molecular flexibility index (Phi) is 4.26. The van der Waals surface area contributed by atoms with Gasteiger partial charge in [-0.25, -0.2) is 14.3 Å². The Morgan fingerprint density at radius 3 is 3.00 bits per heavy atom. The Morgan fingerprint density at radius 1 is 1.53 bits per heavy atom. The van der Waals surface area contributed by atoms with Crippen molar-refractivity contribution in [3.8, 4) is 0 Å². The average molecular weight is 282 g/mol. The number of aromatic nitrogens is 3. The highest BCUT2D eigenvalue weighted by Crippen LogP contribution is 2.22. The van der Waals surface area contributed by atoms with E-state index < -0.39 is 0 Å². The fourth-order valence-corrected chi connectivity index (χ4v) is 2.62. The summed E-state index contributed by atoms with van der Waals surface area (Å²) in [7, 11) is 0. The molecule has 0 saturated heterocycles. The largest absolute Gasteiger partial charge is 0.399 e. The predicted octanol–water partition coefficient (Wildman–Crippen LogP) is 1.99. The number of nitrogens with two attached hydrogens (primary N) is 1. The fraction of sp³-hybridized carbons (Fsp3) is 0.333. The molecular formula is C12H15FN4OS. The summed E-state index contributed by atoms with van der Waals surface area (Å²) < 4.78 is 15.2. The zero-order chi connectivity index (χ0) is 13.8. The topological polar surface area (TPSA) is 76.7 Å². The third-order valence-electron chi connectivity index (χ3n) is 2.60. The number of hydrogen-bond acceptors (Lipinski definition) is 4. The molecule has 0 radical (unpaired) electrons. The molecule has 5 nitrogen and oxygen atoms in total. The Labute approximate surface area is 114 Å². The molecule has 0 atom stereocenters. The van der Waals surface area contributed by atoms with Gasteiger partial charge in [0.2, 0.25) is 0 Å². The number of nitrogens with zero attached hydrogens (tertiary/aromatic N) is 2. The van der Waals surface area contributed by atoms with E-state index in [0.29, 0.717) is 28.7 Å². The minimum absolute atomic E-state index is 0.234. The van der Waals surface area contributed by atoms with Crippen molar-refractivity contribution < 1.29 is 4.39 Å². The van der Waals surface area contributed by atoms with E-state index in [-0.39, 0.29) is 11.5 Å². The van der Waals surface area contributed by atoms with Gasteiger partial charge in [-0.15, -0.1) is 5.10 Å². The second-order valence-corrected chi connectivity index (χ2v) is 5.04. The highest BCUT2D eigenvalue weighted by atomic mass is 32.2. The zero-order valence-corrected chi connectivity index (χ0v) is 11.3. The summed E-state index contributed by atoms with van der Waals surface area (Å²) in [5.74, 6) is 0.0625. The molecule has 1 aromatic heterocycles. The van der Waals surface area contributed by atoms with E-state index in [1.54, 1.807) is 16.7 Å². The lowest BCUT2D eigenvalue weighted by Crippen LogP contribution is -2.17. The van der Waals surface area contributed by atoms with Gasteiger partial charge in [0.25, 0.3) is 0 Å². The van der Waals surface area contributed by atoms with Crippen LogP contribution >= 0.6 is 11.8 Å². The zero-order valence-electron chi connectivity index (χ0n) is 10.5. The van der Waals surface area contributed by atoms with Crippen molar-refractivity contribution in [3.05, 3.63) is 40.1 Å². The molecule has 0 saturated carbocycles. The van der Waals surface area contributed by atoms with Crippen LogP contribution in [0.4, 0.5) is 10.1 Å². The quantitative estimate of drug-likeness (QED) is 0.649. The summed E-state index contributed by atoms with van der Waals surface area (Å²) >= 11 is 1.32. The number of aromatic amines is 1. The number of nitrogens with one attached hydrogen (secondary N) is 1. The van der Waals surface area contributed by atoms with Crippen LogP contribution in [0, 0.1) is 5.82 Å². The van der Waals surface area contributed by atoms with Gasteiger partial charge in [-0.3, -0.25) is 4.57 Å². The molecule has 102 valence electrons. The lowest BCUT2D eigenvalue weighted by molar-refractivity contribution is 0.602. The number of rotatable bonds is 5. The second-order valence-electron chi connectivity index (χ2n) is 4.10. The molecular weight excluding hydrogens is 267 g/mol. The predicted molar refractivity (Wildman–Crippen MR) is 73.5 cm³/mol. The summed E-state index contributed by atoms with van der Waals surface area (Å²) in [6.07, 6.45) is 0.837. The van der Waals surface area contributed by atoms with Gasteiger partial charge in [0, 0.05) is 18.0 Å². The molecule has 2 aromatic rings. The first-order valence-corrected chi connectivity index (χ1v) is 6.92. The molecule has 0 spiro atoms. The summed E-state index contributed by atoms with van der Waals surface area (Å²) in [5.41, 5.74) is 6.19. The third kappa shape index (κ3) is 3.17. The number of halogens is 1. The van der Waals surface area contributed by atoms with Crippen molar-refractivity contribution in [3.63, 3.8) is 0 Å². The van der Waals surface area contributed by atoms with Gasteiger partial charge in [0.05, 0.1) is 0 Å². The van der Waals surface area contributed by atoms with Crippen LogP contribution in [0.1, 0.15) is 18.9 Å². The normalized spacial score (nSPS) is 10.8. The molecule has 1 aromatic carbocycles. The summed E-state index contributed by atoms with van der Waals surface area (Å²) in [5, 5.41) is 6.92. The van der Waals surface area contributed by atoms with Crippen molar-refractivity contribution in [1.29, 1.82) is 0 Å². The first-order chi connectivity index (χ1) is 9.11. The maximum Gasteiger partial charge on any atom is 0.343 e. The van der Waals surface area contributed by atoms with Gasteiger partial charge in [-0.2, -0.15) is 0 Å². The van der Waals surface area contributed by atoms with E-state index >= 15 is 0 Å². The van der Waals surface area contributed by atoms with Crippen LogP contribution in [0.3, 0.4) is 0 Å². The highest BCUT2D eigenvalue weighted by molar-refractivity contribution is 7.98. The number of benzene rings is 1. The summed E-state index contributed by atoms with van der Waals surface area (Å²) in [6, 6.07) is 4.59. The standard InChI is InChI=1S/C12H15FN4OS/c1-2-5-17-11(18)15-16-12(17)19-7-8-3-4-9(14)6-10(8)13/h3-4,6H,2,5,7,14H2,1H3,(H,15,18). The van der Waals surface area contributed by atoms with Crippen LogP contribution < -0.4 is 11.4 Å². The number of H-pyrrole nitrogens is 1. The summed E-state index contributed by atoms with van der Waals surface area (Å²) in [4.78, 5) is 11.5. The van der Waals surface area contributed by atoms with Crippen molar-refractivity contribution in [2.24, 2.45) is 0 Å². The van der Waals surface area contributed by atoms with Gasteiger partial charge >= 0.3 is 5.69 Å². The van der Waals surface area contributed by atoms with E-state index in [1.165, 1.54) is 17.8 Å². The Morgan fingerprint density at radius 2 is 2.32 bits per heavy atom. The SMILES string of the molecule is CCCn1c(SCc2ccc(N)cc2F)n[nH]c1=O. The number of anilines is 1. The van der Waals surface area contributed by atoms with Gasteiger partial charge in [0.15, 0.2) is 5.16 Å². The van der Waals surface area contributed by atoms with Crippen LogP contribution in [0.5, 0.6) is 0 Å². The lowest BCUT2D eigenvalue weighted by Gasteiger charge is -2.05.